The first-order valence-corrected chi connectivity index (χ1v) is 7.36. The van der Waals surface area contributed by atoms with Crippen LogP contribution in [0.2, 0.25) is 0 Å². The molecule has 2 aromatic carbocycles. The topological polar surface area (TPSA) is 29.5 Å². The SMILES string of the molecule is CC1Oc2ccccc2N(Cc2ccc(Br)cc2F)C1=O. The second kappa shape index (κ2) is 5.48. The van der Waals surface area contributed by atoms with Gasteiger partial charge in [0.2, 0.25) is 0 Å². The van der Waals surface area contributed by atoms with Crippen LogP contribution in [-0.2, 0) is 11.3 Å². The summed E-state index contributed by atoms with van der Waals surface area (Å²) in [5.41, 5.74) is 1.14. The van der Waals surface area contributed by atoms with Crippen molar-refractivity contribution in [2.75, 3.05) is 4.90 Å². The van der Waals surface area contributed by atoms with Crippen LogP contribution in [0.3, 0.4) is 0 Å². The Labute approximate surface area is 130 Å². The number of hydrogen-bond acceptors (Lipinski definition) is 2. The molecule has 1 aliphatic heterocycles. The standard InChI is InChI=1S/C16H13BrFNO2/c1-10-16(20)19(14-4-2-3-5-15(14)21-10)9-11-6-7-12(17)8-13(11)18/h2-8,10H,9H2,1H3. The van der Waals surface area contributed by atoms with Gasteiger partial charge >= 0.3 is 0 Å². The highest BCUT2D eigenvalue weighted by atomic mass is 79.9. The van der Waals surface area contributed by atoms with Crippen molar-refractivity contribution >= 4 is 27.5 Å². The number of amides is 1. The van der Waals surface area contributed by atoms with Crippen LogP contribution < -0.4 is 9.64 Å². The van der Waals surface area contributed by atoms with Gasteiger partial charge in [0, 0.05) is 10.0 Å². The van der Waals surface area contributed by atoms with Crippen LogP contribution in [0.1, 0.15) is 12.5 Å². The predicted molar refractivity (Wildman–Crippen MR) is 81.8 cm³/mol. The predicted octanol–water partition coefficient (Wildman–Crippen LogP) is 3.90. The minimum absolute atomic E-state index is 0.170. The zero-order valence-electron chi connectivity index (χ0n) is 11.3. The van der Waals surface area contributed by atoms with E-state index in [2.05, 4.69) is 15.9 Å². The molecule has 1 amide bonds. The summed E-state index contributed by atoms with van der Waals surface area (Å²) < 4.78 is 20.2. The molecule has 0 spiro atoms. The Hall–Kier alpha value is -1.88. The number of benzene rings is 2. The lowest BCUT2D eigenvalue weighted by molar-refractivity contribution is -0.125. The molecule has 0 N–H and O–H groups in total. The molecular formula is C16H13BrFNO2. The van der Waals surface area contributed by atoms with Crippen molar-refractivity contribution in [2.24, 2.45) is 0 Å². The Kier molecular flexibility index (Phi) is 3.68. The van der Waals surface area contributed by atoms with Crippen LogP contribution >= 0.6 is 15.9 Å². The van der Waals surface area contributed by atoms with E-state index in [9.17, 15) is 9.18 Å². The van der Waals surface area contributed by atoms with E-state index >= 15 is 0 Å². The van der Waals surface area contributed by atoms with Gasteiger partial charge in [-0.25, -0.2) is 4.39 Å². The van der Waals surface area contributed by atoms with Gasteiger partial charge in [-0.1, -0.05) is 34.1 Å². The number of para-hydroxylation sites is 2. The second-order valence-electron chi connectivity index (χ2n) is 4.89. The molecule has 1 unspecified atom stereocenters. The minimum atomic E-state index is -0.571. The fourth-order valence-corrected chi connectivity index (χ4v) is 2.68. The third kappa shape index (κ3) is 2.65. The molecule has 3 rings (SSSR count). The van der Waals surface area contributed by atoms with Crippen LogP contribution in [-0.4, -0.2) is 12.0 Å². The van der Waals surface area contributed by atoms with Crippen molar-refractivity contribution in [3.63, 3.8) is 0 Å². The fraction of sp³-hybridized carbons (Fsp3) is 0.188. The molecule has 0 fully saturated rings. The van der Waals surface area contributed by atoms with Crippen LogP contribution in [0.5, 0.6) is 5.75 Å². The molecule has 1 atom stereocenters. The van der Waals surface area contributed by atoms with E-state index in [1.165, 1.54) is 6.07 Å². The van der Waals surface area contributed by atoms with Crippen LogP contribution in [0.25, 0.3) is 0 Å². The molecule has 0 aromatic heterocycles. The summed E-state index contributed by atoms with van der Waals surface area (Å²) in [6.45, 7) is 1.88. The molecular weight excluding hydrogens is 337 g/mol. The van der Waals surface area contributed by atoms with Gasteiger partial charge in [0.15, 0.2) is 6.10 Å². The zero-order chi connectivity index (χ0) is 15.0. The summed E-state index contributed by atoms with van der Waals surface area (Å²) in [6.07, 6.45) is -0.571. The molecule has 0 saturated carbocycles. The first kappa shape index (κ1) is 14.1. The number of halogens is 2. The highest BCUT2D eigenvalue weighted by Gasteiger charge is 2.31. The largest absolute Gasteiger partial charge is 0.479 e. The number of carbonyl (C=O) groups is 1. The third-order valence-electron chi connectivity index (χ3n) is 3.42. The van der Waals surface area contributed by atoms with Crippen molar-refractivity contribution in [1.82, 2.24) is 0 Å². The van der Waals surface area contributed by atoms with E-state index < -0.39 is 6.10 Å². The number of fused-ring (bicyclic) bond motifs is 1. The number of nitrogens with zero attached hydrogens (tertiary/aromatic N) is 1. The molecule has 0 bridgehead atoms. The lowest BCUT2D eigenvalue weighted by atomic mass is 10.1. The summed E-state index contributed by atoms with van der Waals surface area (Å²) in [4.78, 5) is 13.9. The number of carbonyl (C=O) groups excluding carboxylic acids is 1. The Morgan fingerprint density at radius 1 is 1.29 bits per heavy atom. The molecule has 3 nitrogen and oxygen atoms in total. The summed E-state index contributed by atoms with van der Waals surface area (Å²) in [7, 11) is 0. The van der Waals surface area contributed by atoms with Crippen molar-refractivity contribution in [2.45, 2.75) is 19.6 Å². The normalized spacial score (nSPS) is 17.4. The molecule has 0 radical (unpaired) electrons. The van der Waals surface area contributed by atoms with Crippen molar-refractivity contribution in [3.05, 3.63) is 58.3 Å². The summed E-state index contributed by atoms with van der Waals surface area (Å²) in [5, 5.41) is 0. The number of anilines is 1. The van der Waals surface area contributed by atoms with Crippen molar-refractivity contribution in [3.8, 4) is 5.75 Å². The number of rotatable bonds is 2. The fourth-order valence-electron chi connectivity index (χ4n) is 2.34. The van der Waals surface area contributed by atoms with Gasteiger partial charge < -0.3 is 9.64 Å². The first-order valence-electron chi connectivity index (χ1n) is 6.57. The van der Waals surface area contributed by atoms with E-state index in [0.717, 1.165) is 0 Å². The maximum atomic E-state index is 14.0. The average molecular weight is 350 g/mol. The number of ether oxygens (including phenoxy) is 1. The quantitative estimate of drug-likeness (QED) is 0.822. The van der Waals surface area contributed by atoms with E-state index in [-0.39, 0.29) is 18.3 Å². The monoisotopic (exact) mass is 349 g/mol. The van der Waals surface area contributed by atoms with E-state index in [1.54, 1.807) is 30.0 Å². The lowest BCUT2D eigenvalue weighted by Gasteiger charge is -2.33. The molecule has 21 heavy (non-hydrogen) atoms. The zero-order valence-corrected chi connectivity index (χ0v) is 12.9. The van der Waals surface area contributed by atoms with Crippen LogP contribution in [0.4, 0.5) is 10.1 Å². The Morgan fingerprint density at radius 3 is 2.81 bits per heavy atom. The summed E-state index contributed by atoms with van der Waals surface area (Å²) in [5.74, 6) is 0.131. The van der Waals surface area contributed by atoms with Crippen molar-refractivity contribution in [1.29, 1.82) is 0 Å². The van der Waals surface area contributed by atoms with E-state index in [4.69, 9.17) is 4.74 Å². The highest BCUT2D eigenvalue weighted by Crippen LogP contribution is 2.35. The van der Waals surface area contributed by atoms with Gasteiger partial charge in [0.25, 0.3) is 5.91 Å². The second-order valence-corrected chi connectivity index (χ2v) is 5.80. The minimum Gasteiger partial charge on any atom is -0.479 e. The molecule has 0 aliphatic carbocycles. The van der Waals surface area contributed by atoms with Gasteiger partial charge in [0.1, 0.15) is 11.6 Å². The first-order chi connectivity index (χ1) is 10.1. The summed E-state index contributed by atoms with van der Waals surface area (Å²) in [6, 6.07) is 12.1. The van der Waals surface area contributed by atoms with Gasteiger partial charge in [-0.05, 0) is 31.2 Å². The Balaban J connectivity index is 1.99. The van der Waals surface area contributed by atoms with Crippen molar-refractivity contribution < 1.29 is 13.9 Å². The maximum absolute atomic E-state index is 14.0. The van der Waals surface area contributed by atoms with E-state index in [0.29, 0.717) is 21.5 Å². The molecule has 1 aliphatic rings. The van der Waals surface area contributed by atoms with Crippen LogP contribution in [0.15, 0.2) is 46.9 Å². The number of hydrogen-bond donors (Lipinski definition) is 0. The van der Waals surface area contributed by atoms with Gasteiger partial charge in [-0.15, -0.1) is 0 Å². The van der Waals surface area contributed by atoms with Gasteiger partial charge in [-0.2, -0.15) is 0 Å². The van der Waals surface area contributed by atoms with Gasteiger partial charge in [-0.3, -0.25) is 4.79 Å². The maximum Gasteiger partial charge on any atom is 0.268 e. The highest BCUT2D eigenvalue weighted by molar-refractivity contribution is 9.10. The molecule has 5 heteroatoms. The van der Waals surface area contributed by atoms with Crippen LogP contribution in [0, 0.1) is 5.82 Å². The van der Waals surface area contributed by atoms with E-state index in [1.807, 2.05) is 18.2 Å². The molecule has 1 heterocycles. The third-order valence-corrected chi connectivity index (χ3v) is 3.91. The molecule has 2 aromatic rings. The Bertz CT molecular complexity index is 704. The Morgan fingerprint density at radius 2 is 2.05 bits per heavy atom. The lowest BCUT2D eigenvalue weighted by Crippen LogP contribution is -2.44. The molecule has 0 saturated heterocycles. The summed E-state index contributed by atoms with van der Waals surface area (Å²) >= 11 is 3.23. The average Bonchev–Trinajstić information content (AvgIpc) is 2.46. The molecule has 108 valence electrons. The van der Waals surface area contributed by atoms with Gasteiger partial charge in [0.05, 0.1) is 12.2 Å². The smallest absolute Gasteiger partial charge is 0.268 e.